The molecule has 84 valence electrons. The molecule has 0 amide bonds. The summed E-state index contributed by atoms with van der Waals surface area (Å²) in [6.45, 7) is 1.82. The van der Waals surface area contributed by atoms with Crippen molar-refractivity contribution in [3.05, 3.63) is 17.5 Å². The number of aromatic nitrogens is 2. The lowest BCUT2D eigenvalue weighted by atomic mass is 10.2. The minimum absolute atomic E-state index is 0.115. The Labute approximate surface area is 89.0 Å². The smallest absolute Gasteiger partial charge is 0.154 e. The Balaban J connectivity index is 2.71. The highest BCUT2D eigenvalue weighted by molar-refractivity contribution is 7.91. The van der Waals surface area contributed by atoms with Crippen LogP contribution in [-0.4, -0.2) is 36.0 Å². The van der Waals surface area contributed by atoms with Crippen molar-refractivity contribution in [3.63, 3.8) is 0 Å². The van der Waals surface area contributed by atoms with E-state index in [1.54, 1.807) is 17.8 Å². The lowest BCUT2D eigenvalue weighted by Crippen LogP contribution is -2.17. The highest BCUT2D eigenvalue weighted by Crippen LogP contribution is 2.03. The predicted molar refractivity (Wildman–Crippen MR) is 56.4 cm³/mol. The molecule has 0 radical (unpaired) electrons. The number of rotatable bonds is 4. The van der Waals surface area contributed by atoms with Crippen molar-refractivity contribution in [2.24, 2.45) is 7.05 Å². The van der Waals surface area contributed by atoms with Crippen LogP contribution in [0.5, 0.6) is 0 Å². The largest absolute Gasteiger partial charge is 0.298 e. The standard InChI is InChI=1S/C9H14N2O3S/c1-7-4-8(11(2)10-7)5-9(12)6-15(3,13)14/h4H,5-6H2,1-3H3. The molecule has 1 aromatic heterocycles. The van der Waals surface area contributed by atoms with E-state index >= 15 is 0 Å². The van der Waals surface area contributed by atoms with Gasteiger partial charge in [0.15, 0.2) is 15.6 Å². The molecule has 0 N–H and O–H groups in total. The Kier molecular flexibility index (Phi) is 3.28. The molecule has 0 fully saturated rings. The average molecular weight is 230 g/mol. The van der Waals surface area contributed by atoms with E-state index in [0.29, 0.717) is 0 Å². The van der Waals surface area contributed by atoms with Gasteiger partial charge in [0.2, 0.25) is 0 Å². The molecule has 1 aromatic rings. The summed E-state index contributed by atoms with van der Waals surface area (Å²) in [5.41, 5.74) is 1.56. The van der Waals surface area contributed by atoms with Crippen LogP contribution in [0, 0.1) is 6.92 Å². The van der Waals surface area contributed by atoms with Gasteiger partial charge < -0.3 is 0 Å². The molecule has 0 spiro atoms. The number of hydrogen-bond acceptors (Lipinski definition) is 4. The summed E-state index contributed by atoms with van der Waals surface area (Å²) in [4.78, 5) is 11.4. The van der Waals surface area contributed by atoms with Crippen LogP contribution in [0.25, 0.3) is 0 Å². The van der Waals surface area contributed by atoms with E-state index in [1.165, 1.54) is 0 Å². The molecule has 15 heavy (non-hydrogen) atoms. The van der Waals surface area contributed by atoms with Gasteiger partial charge in [0.25, 0.3) is 0 Å². The van der Waals surface area contributed by atoms with E-state index in [2.05, 4.69) is 5.10 Å². The van der Waals surface area contributed by atoms with Gasteiger partial charge in [-0.3, -0.25) is 9.48 Å². The summed E-state index contributed by atoms with van der Waals surface area (Å²) in [5.74, 6) is -0.711. The number of hydrogen-bond donors (Lipinski definition) is 0. The summed E-state index contributed by atoms with van der Waals surface area (Å²) >= 11 is 0. The lowest BCUT2D eigenvalue weighted by Gasteiger charge is -2.00. The molecule has 0 atom stereocenters. The summed E-state index contributed by atoms with van der Waals surface area (Å²) in [5, 5.41) is 4.08. The van der Waals surface area contributed by atoms with Crippen molar-refractivity contribution < 1.29 is 13.2 Å². The molecule has 5 nitrogen and oxygen atoms in total. The Morgan fingerprint density at radius 1 is 1.53 bits per heavy atom. The maximum Gasteiger partial charge on any atom is 0.154 e. The van der Waals surface area contributed by atoms with Gasteiger partial charge in [0, 0.05) is 25.4 Å². The quantitative estimate of drug-likeness (QED) is 0.723. The first kappa shape index (κ1) is 11.9. The Morgan fingerprint density at radius 3 is 2.53 bits per heavy atom. The van der Waals surface area contributed by atoms with Gasteiger partial charge in [-0.05, 0) is 13.0 Å². The first-order valence-electron chi connectivity index (χ1n) is 4.47. The molecule has 0 saturated carbocycles. The highest BCUT2D eigenvalue weighted by atomic mass is 32.2. The molecule has 0 aromatic carbocycles. The number of nitrogens with zero attached hydrogens (tertiary/aromatic N) is 2. The molecular formula is C9H14N2O3S. The Bertz CT molecular complexity index is 474. The van der Waals surface area contributed by atoms with Crippen molar-refractivity contribution in [2.45, 2.75) is 13.3 Å². The predicted octanol–water partition coefficient (Wildman–Crippen LogP) is -0.115. The number of sulfone groups is 1. The highest BCUT2D eigenvalue weighted by Gasteiger charge is 2.13. The molecule has 1 heterocycles. The molecule has 6 heteroatoms. The number of aryl methyl sites for hydroxylation is 2. The van der Waals surface area contributed by atoms with Crippen LogP contribution in [0.3, 0.4) is 0 Å². The zero-order valence-electron chi connectivity index (χ0n) is 9.02. The molecule has 0 unspecified atom stereocenters. The summed E-state index contributed by atoms with van der Waals surface area (Å²) in [6.07, 6.45) is 1.17. The SMILES string of the molecule is Cc1cc(CC(=O)CS(C)(=O)=O)n(C)n1. The van der Waals surface area contributed by atoms with Gasteiger partial charge in [-0.2, -0.15) is 5.10 Å². The van der Waals surface area contributed by atoms with Gasteiger partial charge in [0.05, 0.1) is 5.69 Å². The zero-order chi connectivity index (χ0) is 11.6. The summed E-state index contributed by atoms with van der Waals surface area (Å²) < 4.78 is 23.4. The van der Waals surface area contributed by atoms with Crippen LogP contribution in [0.1, 0.15) is 11.4 Å². The van der Waals surface area contributed by atoms with E-state index in [-0.39, 0.29) is 12.2 Å². The van der Waals surface area contributed by atoms with Gasteiger partial charge >= 0.3 is 0 Å². The van der Waals surface area contributed by atoms with E-state index in [9.17, 15) is 13.2 Å². The van der Waals surface area contributed by atoms with Crippen molar-refractivity contribution in [1.29, 1.82) is 0 Å². The topological polar surface area (TPSA) is 69.0 Å². The monoisotopic (exact) mass is 230 g/mol. The molecule has 0 aliphatic heterocycles. The maximum absolute atomic E-state index is 11.4. The van der Waals surface area contributed by atoms with Crippen LogP contribution in [0.15, 0.2) is 6.07 Å². The second-order valence-corrected chi connectivity index (χ2v) is 5.83. The number of carbonyl (C=O) groups is 1. The number of ketones is 1. The number of carbonyl (C=O) groups excluding carboxylic acids is 1. The summed E-state index contributed by atoms with van der Waals surface area (Å²) in [6, 6.07) is 1.78. The summed E-state index contributed by atoms with van der Waals surface area (Å²) in [7, 11) is -1.50. The first-order valence-corrected chi connectivity index (χ1v) is 6.53. The van der Waals surface area contributed by atoms with Crippen LogP contribution >= 0.6 is 0 Å². The molecule has 0 bridgehead atoms. The van der Waals surface area contributed by atoms with E-state index < -0.39 is 15.6 Å². The van der Waals surface area contributed by atoms with Gasteiger partial charge in [-0.25, -0.2) is 8.42 Å². The van der Waals surface area contributed by atoms with Crippen molar-refractivity contribution >= 4 is 15.6 Å². The van der Waals surface area contributed by atoms with Crippen molar-refractivity contribution in [3.8, 4) is 0 Å². The van der Waals surface area contributed by atoms with Gasteiger partial charge in [-0.15, -0.1) is 0 Å². The Hall–Kier alpha value is -1.17. The third-order valence-corrected chi connectivity index (χ3v) is 2.75. The van der Waals surface area contributed by atoms with Gasteiger partial charge in [-0.1, -0.05) is 0 Å². The molecule has 0 aliphatic rings. The van der Waals surface area contributed by atoms with Crippen LogP contribution in [0.4, 0.5) is 0 Å². The minimum atomic E-state index is -3.23. The molecule has 0 aliphatic carbocycles. The minimum Gasteiger partial charge on any atom is -0.298 e. The second kappa shape index (κ2) is 4.14. The molecule has 1 rings (SSSR count). The maximum atomic E-state index is 11.4. The second-order valence-electron chi connectivity index (χ2n) is 3.69. The van der Waals surface area contributed by atoms with E-state index in [4.69, 9.17) is 0 Å². The zero-order valence-corrected chi connectivity index (χ0v) is 9.84. The van der Waals surface area contributed by atoms with E-state index in [0.717, 1.165) is 17.6 Å². The third kappa shape index (κ3) is 3.83. The lowest BCUT2D eigenvalue weighted by molar-refractivity contribution is -0.116. The first-order chi connectivity index (χ1) is 6.78. The fourth-order valence-corrected chi connectivity index (χ4v) is 2.06. The van der Waals surface area contributed by atoms with Crippen LogP contribution in [-0.2, 0) is 28.1 Å². The van der Waals surface area contributed by atoms with Crippen molar-refractivity contribution in [2.75, 3.05) is 12.0 Å². The van der Waals surface area contributed by atoms with Crippen molar-refractivity contribution in [1.82, 2.24) is 9.78 Å². The fourth-order valence-electron chi connectivity index (χ4n) is 1.38. The molecular weight excluding hydrogens is 216 g/mol. The third-order valence-electron chi connectivity index (χ3n) is 1.90. The normalized spacial score (nSPS) is 11.7. The van der Waals surface area contributed by atoms with E-state index in [1.807, 2.05) is 6.92 Å². The number of Topliss-reactive ketones (excluding diaryl/α,β-unsaturated/α-hetero) is 1. The van der Waals surface area contributed by atoms with Crippen LogP contribution < -0.4 is 0 Å². The molecule has 0 saturated heterocycles. The Morgan fingerprint density at radius 2 is 2.13 bits per heavy atom. The van der Waals surface area contributed by atoms with Gasteiger partial charge in [0.1, 0.15) is 5.75 Å². The average Bonchev–Trinajstić information content (AvgIpc) is 2.25. The fraction of sp³-hybridized carbons (Fsp3) is 0.556. The van der Waals surface area contributed by atoms with Crippen LogP contribution in [0.2, 0.25) is 0 Å².